The number of aliphatic hydroxyl groups is 1. The molecule has 1 N–H and O–H groups in total. The molecule has 0 aliphatic rings. The zero-order valence-electron chi connectivity index (χ0n) is 5.70. The molecular formula is C6H12O3. The van der Waals surface area contributed by atoms with E-state index in [0.717, 1.165) is 0 Å². The largest absolute Gasteiger partial charge is 0.391 e. The van der Waals surface area contributed by atoms with Crippen molar-refractivity contribution in [2.24, 2.45) is 0 Å². The van der Waals surface area contributed by atoms with Crippen LogP contribution in [0.15, 0.2) is 12.3 Å². The molecular weight excluding hydrogens is 120 g/mol. The lowest BCUT2D eigenvalue weighted by atomic mass is 10.5. The predicted molar refractivity (Wildman–Crippen MR) is 33.5 cm³/mol. The third-order valence-electron chi connectivity index (χ3n) is 0.569. The molecule has 1 unspecified atom stereocenters. The molecule has 0 amide bonds. The van der Waals surface area contributed by atoms with E-state index in [4.69, 9.17) is 5.11 Å². The van der Waals surface area contributed by atoms with Gasteiger partial charge in [0.05, 0.1) is 6.10 Å². The maximum atomic E-state index is 8.62. The summed E-state index contributed by atoms with van der Waals surface area (Å²) in [5.41, 5.74) is 0. The Morgan fingerprint density at radius 1 is 1.67 bits per heavy atom. The van der Waals surface area contributed by atoms with Crippen molar-refractivity contribution in [2.45, 2.75) is 20.0 Å². The maximum absolute atomic E-state index is 8.62. The van der Waals surface area contributed by atoms with Crippen molar-refractivity contribution in [3.63, 3.8) is 0 Å². The fourth-order valence-corrected chi connectivity index (χ4v) is 0.233. The van der Waals surface area contributed by atoms with E-state index in [2.05, 4.69) is 9.78 Å². The van der Waals surface area contributed by atoms with Crippen molar-refractivity contribution in [1.29, 1.82) is 0 Å². The van der Waals surface area contributed by atoms with Crippen LogP contribution in [0.5, 0.6) is 0 Å². The van der Waals surface area contributed by atoms with Gasteiger partial charge in [0.1, 0.15) is 12.9 Å². The van der Waals surface area contributed by atoms with Gasteiger partial charge in [-0.3, -0.25) is 0 Å². The van der Waals surface area contributed by atoms with Crippen molar-refractivity contribution in [3.05, 3.63) is 12.3 Å². The minimum absolute atomic E-state index is 0.199. The monoisotopic (exact) mass is 132 g/mol. The van der Waals surface area contributed by atoms with E-state index in [1.807, 2.05) is 6.92 Å². The second kappa shape index (κ2) is 5.59. The summed E-state index contributed by atoms with van der Waals surface area (Å²) in [5.74, 6) is 0. The summed E-state index contributed by atoms with van der Waals surface area (Å²) < 4.78 is 0. The molecule has 0 bridgehead atoms. The molecule has 0 aromatic heterocycles. The molecule has 0 saturated heterocycles. The molecule has 3 nitrogen and oxygen atoms in total. The molecule has 54 valence electrons. The highest BCUT2D eigenvalue weighted by atomic mass is 17.2. The summed E-state index contributed by atoms with van der Waals surface area (Å²) in [6.07, 6.45) is 2.62. The van der Waals surface area contributed by atoms with Crippen molar-refractivity contribution in [2.75, 3.05) is 6.61 Å². The molecule has 0 aliphatic heterocycles. The Kier molecular flexibility index (Phi) is 5.26. The van der Waals surface area contributed by atoms with Gasteiger partial charge in [-0.25, -0.2) is 0 Å². The lowest BCUT2D eigenvalue weighted by Crippen LogP contribution is -2.08. The third-order valence-corrected chi connectivity index (χ3v) is 0.569. The van der Waals surface area contributed by atoms with Crippen LogP contribution in [0.3, 0.4) is 0 Å². The number of aliphatic hydroxyl groups excluding tert-OH is 1. The number of hydrogen-bond donors (Lipinski definition) is 1. The Balaban J connectivity index is 2.91. The van der Waals surface area contributed by atoms with Gasteiger partial charge in [-0.1, -0.05) is 0 Å². The molecule has 3 heteroatoms. The highest BCUT2D eigenvalue weighted by molar-refractivity contribution is 4.62. The van der Waals surface area contributed by atoms with E-state index in [9.17, 15) is 0 Å². The minimum Gasteiger partial charge on any atom is -0.391 e. The highest BCUT2D eigenvalue weighted by Crippen LogP contribution is 1.84. The molecule has 0 aromatic carbocycles. The van der Waals surface area contributed by atoms with Crippen LogP contribution in [0, 0.1) is 0 Å². The molecule has 0 saturated carbocycles. The van der Waals surface area contributed by atoms with Crippen molar-refractivity contribution in [3.8, 4) is 0 Å². The van der Waals surface area contributed by atoms with Gasteiger partial charge >= 0.3 is 0 Å². The summed E-state index contributed by atoms with van der Waals surface area (Å²) in [6.45, 7) is 3.63. The van der Waals surface area contributed by atoms with Gasteiger partial charge in [0, 0.05) is 0 Å². The Morgan fingerprint density at radius 2 is 2.33 bits per heavy atom. The molecule has 0 aromatic rings. The molecule has 0 rings (SSSR count). The van der Waals surface area contributed by atoms with Crippen LogP contribution in [0.4, 0.5) is 0 Å². The molecule has 0 heterocycles. The molecule has 0 aliphatic carbocycles. The van der Waals surface area contributed by atoms with E-state index in [1.165, 1.54) is 6.26 Å². The first kappa shape index (κ1) is 8.46. The Labute approximate surface area is 54.8 Å². The summed E-state index contributed by atoms with van der Waals surface area (Å²) in [6, 6.07) is 0. The van der Waals surface area contributed by atoms with Crippen LogP contribution < -0.4 is 0 Å². The zero-order chi connectivity index (χ0) is 7.11. The fourth-order valence-electron chi connectivity index (χ4n) is 0.233. The lowest BCUT2D eigenvalue weighted by molar-refractivity contribution is -0.260. The molecule has 1 atom stereocenters. The number of rotatable bonds is 4. The first-order valence-electron chi connectivity index (χ1n) is 2.85. The first-order valence-corrected chi connectivity index (χ1v) is 2.85. The zero-order valence-corrected chi connectivity index (χ0v) is 5.70. The maximum Gasteiger partial charge on any atom is 0.125 e. The molecule has 9 heavy (non-hydrogen) atoms. The summed E-state index contributed by atoms with van der Waals surface area (Å²) in [4.78, 5) is 8.95. The van der Waals surface area contributed by atoms with E-state index in [0.29, 0.717) is 0 Å². The van der Waals surface area contributed by atoms with E-state index in [-0.39, 0.29) is 6.61 Å². The Hall–Kier alpha value is -0.540. The van der Waals surface area contributed by atoms with E-state index in [1.54, 1.807) is 13.0 Å². The second-order valence-electron chi connectivity index (χ2n) is 1.70. The van der Waals surface area contributed by atoms with Crippen molar-refractivity contribution < 1.29 is 14.9 Å². The van der Waals surface area contributed by atoms with Gasteiger partial charge in [-0.05, 0) is 19.9 Å². The SMILES string of the molecule is CC=COOCC(C)O. The Morgan fingerprint density at radius 3 is 2.78 bits per heavy atom. The quantitative estimate of drug-likeness (QED) is 0.267. The predicted octanol–water partition coefficient (Wildman–Crippen LogP) is 0.849. The van der Waals surface area contributed by atoms with Crippen LogP contribution in [-0.2, 0) is 9.78 Å². The van der Waals surface area contributed by atoms with Gasteiger partial charge in [0.2, 0.25) is 0 Å². The molecule has 0 fully saturated rings. The van der Waals surface area contributed by atoms with Crippen LogP contribution in [0.2, 0.25) is 0 Å². The summed E-state index contributed by atoms with van der Waals surface area (Å²) in [5, 5.41) is 8.62. The molecule has 0 spiro atoms. The lowest BCUT2D eigenvalue weighted by Gasteiger charge is -2.01. The van der Waals surface area contributed by atoms with Gasteiger partial charge in [0.25, 0.3) is 0 Å². The first-order chi connectivity index (χ1) is 4.27. The van der Waals surface area contributed by atoms with Gasteiger partial charge < -0.3 is 9.99 Å². The summed E-state index contributed by atoms with van der Waals surface area (Å²) >= 11 is 0. The topological polar surface area (TPSA) is 38.7 Å². The van der Waals surface area contributed by atoms with Crippen molar-refractivity contribution >= 4 is 0 Å². The fraction of sp³-hybridized carbons (Fsp3) is 0.667. The van der Waals surface area contributed by atoms with Gasteiger partial charge in [-0.15, -0.1) is 0 Å². The molecule has 0 radical (unpaired) electrons. The van der Waals surface area contributed by atoms with Crippen LogP contribution >= 0.6 is 0 Å². The van der Waals surface area contributed by atoms with Crippen LogP contribution in [0.1, 0.15) is 13.8 Å². The number of hydrogen-bond acceptors (Lipinski definition) is 3. The average molecular weight is 132 g/mol. The standard InChI is InChI=1S/C6H12O3/c1-3-4-8-9-5-6(2)7/h3-4,6-7H,5H2,1-2H3. The van der Waals surface area contributed by atoms with E-state index >= 15 is 0 Å². The summed E-state index contributed by atoms with van der Waals surface area (Å²) in [7, 11) is 0. The second-order valence-corrected chi connectivity index (χ2v) is 1.70. The normalized spacial score (nSPS) is 14.1. The highest BCUT2D eigenvalue weighted by Gasteiger charge is 1.92. The van der Waals surface area contributed by atoms with Gasteiger partial charge in [-0.2, -0.15) is 4.89 Å². The third kappa shape index (κ3) is 7.46. The van der Waals surface area contributed by atoms with E-state index < -0.39 is 6.10 Å². The van der Waals surface area contributed by atoms with Crippen molar-refractivity contribution in [1.82, 2.24) is 0 Å². The van der Waals surface area contributed by atoms with Crippen LogP contribution in [0.25, 0.3) is 0 Å². The smallest absolute Gasteiger partial charge is 0.125 e. The van der Waals surface area contributed by atoms with Crippen LogP contribution in [-0.4, -0.2) is 17.8 Å². The average Bonchev–Trinajstić information content (AvgIpc) is 1.80. The number of allylic oxidation sites excluding steroid dienone is 1. The Bertz CT molecular complexity index is 78.4. The van der Waals surface area contributed by atoms with Gasteiger partial charge in [0.15, 0.2) is 0 Å². The minimum atomic E-state index is -0.477.